The van der Waals surface area contributed by atoms with Crippen LogP contribution in [0.2, 0.25) is 0 Å². The molecule has 1 atom stereocenters. The summed E-state index contributed by atoms with van der Waals surface area (Å²) in [5.74, 6) is 5.13. The highest BCUT2D eigenvalue weighted by Crippen LogP contribution is 2.17. The Morgan fingerprint density at radius 3 is 2.67 bits per heavy atom. The molecule has 2 rings (SSSR count). The van der Waals surface area contributed by atoms with E-state index < -0.39 is 0 Å². The minimum Gasteiger partial charge on any atom is -0.395 e. The third kappa shape index (κ3) is 4.93. The van der Waals surface area contributed by atoms with Gasteiger partial charge >= 0.3 is 0 Å². The van der Waals surface area contributed by atoms with Gasteiger partial charge in [0.05, 0.1) is 6.61 Å². The van der Waals surface area contributed by atoms with Crippen molar-refractivity contribution >= 4 is 23.5 Å². The quantitative estimate of drug-likeness (QED) is 0.797. The molecule has 0 amide bonds. The average molecular weight is 290 g/mol. The van der Waals surface area contributed by atoms with Crippen LogP contribution >= 0.6 is 23.5 Å². The van der Waals surface area contributed by atoms with Crippen LogP contribution in [0.5, 0.6) is 0 Å². The number of piperidine rings is 1. The summed E-state index contributed by atoms with van der Waals surface area (Å²) in [6.45, 7) is 3.66. The zero-order valence-electron chi connectivity index (χ0n) is 11.1. The van der Waals surface area contributed by atoms with Crippen molar-refractivity contribution in [1.29, 1.82) is 0 Å². The van der Waals surface area contributed by atoms with Gasteiger partial charge in [-0.25, -0.2) is 0 Å². The fourth-order valence-corrected chi connectivity index (χ4v) is 5.17. The Balaban J connectivity index is 1.63. The zero-order chi connectivity index (χ0) is 12.6. The Labute approximate surface area is 119 Å². The van der Waals surface area contributed by atoms with Gasteiger partial charge in [-0.05, 0) is 19.4 Å². The van der Waals surface area contributed by atoms with Crippen molar-refractivity contribution in [2.24, 2.45) is 0 Å². The smallest absolute Gasteiger partial charge is 0.0586 e. The molecular formula is C13H26N2OS2. The minimum absolute atomic E-state index is 0.329. The van der Waals surface area contributed by atoms with Crippen LogP contribution in [0.25, 0.3) is 0 Å². The maximum absolute atomic E-state index is 9.38. The molecule has 0 aromatic rings. The van der Waals surface area contributed by atoms with Crippen LogP contribution in [0.1, 0.15) is 19.3 Å². The van der Waals surface area contributed by atoms with E-state index in [4.69, 9.17) is 0 Å². The number of nitrogens with one attached hydrogen (secondary N) is 1. The molecule has 2 heterocycles. The van der Waals surface area contributed by atoms with E-state index in [1.165, 1.54) is 48.8 Å². The first-order valence-corrected chi connectivity index (χ1v) is 9.45. The Morgan fingerprint density at radius 2 is 1.94 bits per heavy atom. The number of likely N-dealkylation sites (tertiary alicyclic amines) is 1. The van der Waals surface area contributed by atoms with Gasteiger partial charge in [0, 0.05) is 48.2 Å². The molecule has 2 aliphatic rings. The van der Waals surface area contributed by atoms with Crippen molar-refractivity contribution in [3.05, 3.63) is 0 Å². The lowest BCUT2D eigenvalue weighted by Crippen LogP contribution is -2.46. The molecule has 2 fully saturated rings. The second-order valence-corrected chi connectivity index (χ2v) is 7.47. The van der Waals surface area contributed by atoms with Crippen molar-refractivity contribution in [2.75, 3.05) is 49.3 Å². The number of rotatable bonds is 5. The monoisotopic (exact) mass is 290 g/mol. The summed E-state index contributed by atoms with van der Waals surface area (Å²) in [4.78, 5) is 2.47. The van der Waals surface area contributed by atoms with Gasteiger partial charge in [0.25, 0.3) is 0 Å². The molecule has 5 heteroatoms. The molecule has 3 nitrogen and oxygen atoms in total. The van der Waals surface area contributed by atoms with Crippen molar-refractivity contribution in [3.63, 3.8) is 0 Å². The lowest BCUT2D eigenvalue weighted by Gasteiger charge is -2.34. The maximum atomic E-state index is 9.38. The molecule has 1 unspecified atom stereocenters. The number of hydrogen-bond donors (Lipinski definition) is 2. The summed E-state index contributed by atoms with van der Waals surface area (Å²) < 4.78 is 0. The average Bonchev–Trinajstić information content (AvgIpc) is 2.68. The molecule has 0 spiro atoms. The van der Waals surface area contributed by atoms with Crippen LogP contribution in [-0.4, -0.2) is 71.3 Å². The van der Waals surface area contributed by atoms with Gasteiger partial charge in [-0.2, -0.15) is 23.5 Å². The molecule has 18 heavy (non-hydrogen) atoms. The summed E-state index contributed by atoms with van der Waals surface area (Å²) >= 11 is 4.16. The van der Waals surface area contributed by atoms with Crippen LogP contribution in [-0.2, 0) is 0 Å². The highest BCUT2D eigenvalue weighted by Gasteiger charge is 2.21. The molecule has 2 aliphatic heterocycles. The summed E-state index contributed by atoms with van der Waals surface area (Å²) in [6, 6.07) is 1.10. The van der Waals surface area contributed by atoms with Gasteiger partial charge < -0.3 is 10.4 Å². The molecule has 0 bridgehead atoms. The van der Waals surface area contributed by atoms with Crippen molar-refractivity contribution in [1.82, 2.24) is 10.2 Å². The minimum atomic E-state index is 0.329. The number of nitrogens with zero attached hydrogens (tertiary/aromatic N) is 1. The van der Waals surface area contributed by atoms with Crippen LogP contribution in [0.4, 0.5) is 0 Å². The lowest BCUT2D eigenvalue weighted by atomic mass is 10.0. The van der Waals surface area contributed by atoms with Crippen LogP contribution < -0.4 is 5.32 Å². The first-order chi connectivity index (χ1) is 8.90. The summed E-state index contributed by atoms with van der Waals surface area (Å²) in [7, 11) is 0. The molecule has 2 N–H and O–H groups in total. The van der Waals surface area contributed by atoms with Crippen LogP contribution in [0, 0.1) is 0 Å². The Bertz CT molecular complexity index is 223. The van der Waals surface area contributed by atoms with E-state index in [1.54, 1.807) is 0 Å². The van der Waals surface area contributed by atoms with Crippen molar-refractivity contribution in [3.8, 4) is 0 Å². The molecule has 0 radical (unpaired) electrons. The Hall–Kier alpha value is 0.580. The summed E-state index contributed by atoms with van der Waals surface area (Å²) in [6.07, 6.45) is 3.75. The second-order valence-electron chi connectivity index (χ2n) is 5.17. The van der Waals surface area contributed by atoms with Crippen LogP contribution in [0.3, 0.4) is 0 Å². The second kappa shape index (κ2) is 8.69. The van der Waals surface area contributed by atoms with E-state index >= 15 is 0 Å². The van der Waals surface area contributed by atoms with Gasteiger partial charge in [-0.1, -0.05) is 6.42 Å². The van der Waals surface area contributed by atoms with Gasteiger partial charge in [0.2, 0.25) is 0 Å². The first kappa shape index (κ1) is 15.0. The predicted molar refractivity (Wildman–Crippen MR) is 82.7 cm³/mol. The lowest BCUT2D eigenvalue weighted by molar-refractivity contribution is 0.0907. The molecule has 0 aromatic carbocycles. The zero-order valence-corrected chi connectivity index (χ0v) is 12.8. The largest absolute Gasteiger partial charge is 0.395 e. The van der Waals surface area contributed by atoms with Gasteiger partial charge in [-0.15, -0.1) is 0 Å². The van der Waals surface area contributed by atoms with Gasteiger partial charge in [0.15, 0.2) is 0 Å². The molecule has 2 saturated heterocycles. The highest BCUT2D eigenvalue weighted by molar-refractivity contribution is 8.03. The van der Waals surface area contributed by atoms with Gasteiger partial charge in [-0.3, -0.25) is 4.90 Å². The fraction of sp³-hybridized carbons (Fsp3) is 1.00. The SMILES string of the molecule is OCC1CCCCN1CCNC1CSCCSC1. The molecule has 0 aliphatic carbocycles. The van der Waals surface area contributed by atoms with E-state index in [2.05, 4.69) is 33.7 Å². The van der Waals surface area contributed by atoms with Gasteiger partial charge in [0.1, 0.15) is 0 Å². The van der Waals surface area contributed by atoms with Crippen molar-refractivity contribution in [2.45, 2.75) is 31.3 Å². The first-order valence-electron chi connectivity index (χ1n) is 7.14. The number of aliphatic hydroxyl groups is 1. The summed E-state index contributed by atoms with van der Waals surface area (Å²) in [5, 5.41) is 13.1. The normalized spacial score (nSPS) is 28.2. The number of thioether (sulfide) groups is 2. The van der Waals surface area contributed by atoms with E-state index in [9.17, 15) is 5.11 Å². The van der Waals surface area contributed by atoms with E-state index in [0.717, 1.165) is 13.1 Å². The van der Waals surface area contributed by atoms with Crippen LogP contribution in [0.15, 0.2) is 0 Å². The summed E-state index contributed by atoms with van der Waals surface area (Å²) in [5.41, 5.74) is 0. The number of hydrogen-bond acceptors (Lipinski definition) is 5. The fourth-order valence-electron chi connectivity index (χ4n) is 2.71. The Kier molecular flexibility index (Phi) is 7.23. The molecule has 0 saturated carbocycles. The predicted octanol–water partition coefficient (Wildman–Crippen LogP) is 1.27. The van der Waals surface area contributed by atoms with Crippen molar-refractivity contribution < 1.29 is 5.11 Å². The van der Waals surface area contributed by atoms with E-state index in [1.807, 2.05) is 0 Å². The Morgan fingerprint density at radius 1 is 1.17 bits per heavy atom. The van der Waals surface area contributed by atoms with E-state index in [0.29, 0.717) is 18.7 Å². The topological polar surface area (TPSA) is 35.5 Å². The highest BCUT2D eigenvalue weighted by atomic mass is 32.2. The van der Waals surface area contributed by atoms with E-state index in [-0.39, 0.29) is 0 Å². The maximum Gasteiger partial charge on any atom is 0.0586 e. The molecule has 0 aromatic heterocycles. The number of aliphatic hydroxyl groups excluding tert-OH is 1. The third-order valence-electron chi connectivity index (χ3n) is 3.80. The molecule has 106 valence electrons. The third-order valence-corrected chi connectivity index (χ3v) is 6.32. The molecular weight excluding hydrogens is 264 g/mol. The standard InChI is InChI=1S/C13H26N2OS2/c16-9-13-3-1-2-5-15(13)6-4-14-12-10-17-7-8-18-11-12/h12-14,16H,1-11H2.